The molecule has 0 N–H and O–H groups in total. The van der Waals surface area contributed by atoms with Gasteiger partial charge in [0.15, 0.2) is 0 Å². The van der Waals surface area contributed by atoms with E-state index >= 15 is 0 Å². The van der Waals surface area contributed by atoms with Crippen molar-refractivity contribution in [2.24, 2.45) is 4.99 Å². The number of carbonyl (C=O) groups is 1. The van der Waals surface area contributed by atoms with Crippen molar-refractivity contribution in [1.82, 2.24) is 4.90 Å². The molecule has 2 aliphatic rings. The van der Waals surface area contributed by atoms with Crippen LogP contribution in [0.4, 0.5) is 11.4 Å². The molecule has 1 amide bonds. The Morgan fingerprint density at radius 3 is 2.51 bits per heavy atom. The van der Waals surface area contributed by atoms with Crippen LogP contribution in [-0.2, 0) is 0 Å². The molecule has 5 rings (SSSR count). The molecule has 0 radical (unpaired) electrons. The summed E-state index contributed by atoms with van der Waals surface area (Å²) in [5, 5.41) is 0.743. The van der Waals surface area contributed by atoms with Gasteiger partial charge >= 0.3 is 0 Å². The van der Waals surface area contributed by atoms with E-state index in [1.165, 1.54) is 21.6 Å². The highest BCUT2D eigenvalue weighted by molar-refractivity contribution is 7.99. The number of aliphatic imine (C=N–C) groups is 1. The van der Waals surface area contributed by atoms with E-state index in [1.807, 2.05) is 29.2 Å². The first-order valence-electron chi connectivity index (χ1n) is 12.2. The van der Waals surface area contributed by atoms with Crippen LogP contribution in [0.1, 0.15) is 46.8 Å². The fourth-order valence-electron chi connectivity index (χ4n) is 4.79. The van der Waals surface area contributed by atoms with E-state index in [4.69, 9.17) is 16.6 Å². The topological polar surface area (TPSA) is 35.9 Å². The maximum atomic E-state index is 13.4. The molecule has 1 saturated heterocycles. The van der Waals surface area contributed by atoms with Gasteiger partial charge in [0, 0.05) is 63.5 Å². The van der Waals surface area contributed by atoms with Crippen molar-refractivity contribution >= 4 is 46.4 Å². The van der Waals surface area contributed by atoms with Crippen molar-refractivity contribution in [3.05, 3.63) is 81.9 Å². The summed E-state index contributed by atoms with van der Waals surface area (Å²) >= 11 is 7.97. The second kappa shape index (κ2) is 10.1. The number of nitrogens with zero attached hydrogens (tertiary/aromatic N) is 3. The molecule has 35 heavy (non-hydrogen) atoms. The fourth-order valence-corrected chi connectivity index (χ4v) is 5.96. The van der Waals surface area contributed by atoms with Gasteiger partial charge in [-0.3, -0.25) is 9.79 Å². The van der Waals surface area contributed by atoms with E-state index in [-0.39, 0.29) is 5.91 Å². The van der Waals surface area contributed by atoms with Crippen LogP contribution in [0, 0.1) is 13.8 Å². The van der Waals surface area contributed by atoms with Gasteiger partial charge in [-0.15, -0.1) is 0 Å². The summed E-state index contributed by atoms with van der Waals surface area (Å²) in [4.78, 5) is 25.1. The standard InChI is InChI=1S/C29H30ClN3OS/c1-4-5-24-23-16-19(2)6-10-27(23)35-28-11-8-21(17-25(28)31-24)29(34)33-14-12-32(13-15-33)26-18-22(30)9-7-20(26)3/h6-11,16-18H,4-5,12-15H2,1-3H3. The monoisotopic (exact) mass is 503 g/mol. The Bertz CT molecular complexity index is 1310. The van der Waals surface area contributed by atoms with Gasteiger partial charge in [-0.05, 0) is 68.3 Å². The van der Waals surface area contributed by atoms with E-state index in [1.54, 1.807) is 11.8 Å². The Morgan fingerprint density at radius 1 is 0.971 bits per heavy atom. The van der Waals surface area contributed by atoms with Gasteiger partial charge in [-0.2, -0.15) is 0 Å². The summed E-state index contributed by atoms with van der Waals surface area (Å²) in [5.41, 5.74) is 7.52. The third-order valence-corrected chi connectivity index (χ3v) is 8.07. The minimum atomic E-state index is 0.0742. The number of anilines is 1. The third kappa shape index (κ3) is 4.98. The lowest BCUT2D eigenvalue weighted by Crippen LogP contribution is -2.49. The molecule has 0 saturated carbocycles. The van der Waals surface area contributed by atoms with E-state index in [9.17, 15) is 4.79 Å². The van der Waals surface area contributed by atoms with Gasteiger partial charge in [0.1, 0.15) is 0 Å². The summed E-state index contributed by atoms with van der Waals surface area (Å²) < 4.78 is 0. The van der Waals surface area contributed by atoms with Crippen molar-refractivity contribution in [3.63, 3.8) is 0 Å². The maximum Gasteiger partial charge on any atom is 0.254 e. The zero-order valence-electron chi connectivity index (χ0n) is 20.5. The average molecular weight is 504 g/mol. The highest BCUT2D eigenvalue weighted by Gasteiger charge is 2.25. The average Bonchev–Trinajstić information content (AvgIpc) is 3.01. The van der Waals surface area contributed by atoms with E-state index in [0.29, 0.717) is 18.7 Å². The first-order valence-corrected chi connectivity index (χ1v) is 13.4. The van der Waals surface area contributed by atoms with E-state index in [2.05, 4.69) is 56.0 Å². The molecule has 4 nitrogen and oxygen atoms in total. The van der Waals surface area contributed by atoms with E-state index in [0.717, 1.165) is 52.9 Å². The molecule has 0 aliphatic carbocycles. The number of amides is 1. The van der Waals surface area contributed by atoms with Crippen LogP contribution < -0.4 is 4.90 Å². The number of fused-ring (bicyclic) bond motifs is 2. The molecule has 1 fully saturated rings. The van der Waals surface area contributed by atoms with Crippen LogP contribution in [0.25, 0.3) is 0 Å². The first kappa shape index (κ1) is 24.0. The molecule has 0 aromatic heterocycles. The summed E-state index contributed by atoms with van der Waals surface area (Å²) in [7, 11) is 0. The van der Waals surface area contributed by atoms with Crippen molar-refractivity contribution in [3.8, 4) is 0 Å². The molecule has 0 atom stereocenters. The molecular formula is C29H30ClN3OS. The van der Waals surface area contributed by atoms with Crippen molar-refractivity contribution in [2.75, 3.05) is 31.1 Å². The zero-order valence-corrected chi connectivity index (χ0v) is 22.0. The first-order chi connectivity index (χ1) is 16.9. The van der Waals surface area contributed by atoms with Crippen LogP contribution in [0.2, 0.25) is 5.02 Å². The molecule has 2 heterocycles. The van der Waals surface area contributed by atoms with Crippen molar-refractivity contribution < 1.29 is 4.79 Å². The second-order valence-electron chi connectivity index (χ2n) is 9.30. The largest absolute Gasteiger partial charge is 0.368 e. The Hall–Kier alpha value is -2.76. The van der Waals surface area contributed by atoms with Gasteiger partial charge in [0.2, 0.25) is 0 Å². The summed E-state index contributed by atoms with van der Waals surface area (Å²) in [6, 6.07) is 18.6. The lowest BCUT2D eigenvalue weighted by molar-refractivity contribution is 0.0746. The highest BCUT2D eigenvalue weighted by atomic mass is 35.5. The number of carbonyl (C=O) groups excluding carboxylic acids is 1. The summed E-state index contributed by atoms with van der Waals surface area (Å²) in [6.45, 7) is 9.36. The number of benzene rings is 3. The molecule has 3 aromatic carbocycles. The lowest BCUT2D eigenvalue weighted by Gasteiger charge is -2.37. The molecule has 2 aliphatic heterocycles. The second-order valence-corrected chi connectivity index (χ2v) is 10.8. The summed E-state index contributed by atoms with van der Waals surface area (Å²) in [6.07, 6.45) is 1.95. The third-order valence-electron chi connectivity index (χ3n) is 6.69. The fraction of sp³-hybridized carbons (Fsp3) is 0.310. The number of rotatable bonds is 4. The van der Waals surface area contributed by atoms with Crippen molar-refractivity contribution in [2.45, 2.75) is 43.4 Å². The van der Waals surface area contributed by atoms with Crippen LogP contribution in [0.15, 0.2) is 69.4 Å². The minimum Gasteiger partial charge on any atom is -0.368 e. The Morgan fingerprint density at radius 2 is 1.74 bits per heavy atom. The lowest BCUT2D eigenvalue weighted by atomic mass is 10.0. The molecule has 0 unspecified atom stereocenters. The maximum absolute atomic E-state index is 13.4. The Labute approximate surface area is 217 Å². The quantitative estimate of drug-likeness (QED) is 0.374. The predicted octanol–water partition coefficient (Wildman–Crippen LogP) is 7.30. The number of aryl methyl sites for hydroxylation is 2. The van der Waals surface area contributed by atoms with E-state index < -0.39 is 0 Å². The molecule has 0 bridgehead atoms. The van der Waals surface area contributed by atoms with Crippen LogP contribution in [-0.4, -0.2) is 42.7 Å². The number of hydrogen-bond donors (Lipinski definition) is 0. The molecule has 6 heteroatoms. The minimum absolute atomic E-state index is 0.0742. The van der Waals surface area contributed by atoms with Gasteiger partial charge < -0.3 is 9.80 Å². The van der Waals surface area contributed by atoms with Crippen LogP contribution in [0.3, 0.4) is 0 Å². The zero-order chi connectivity index (χ0) is 24.5. The van der Waals surface area contributed by atoms with Gasteiger partial charge in [-0.25, -0.2) is 0 Å². The van der Waals surface area contributed by atoms with Gasteiger partial charge in [-0.1, -0.05) is 54.4 Å². The number of halogens is 1. The Kier molecular flexibility index (Phi) is 6.90. The number of hydrogen-bond acceptors (Lipinski definition) is 4. The molecular weight excluding hydrogens is 474 g/mol. The SMILES string of the molecule is CCCC1=Nc2cc(C(=O)N3CCN(c4cc(Cl)ccc4C)CC3)ccc2Sc2ccc(C)cc21. The van der Waals surface area contributed by atoms with Gasteiger partial charge in [0.05, 0.1) is 5.69 Å². The normalized spacial score (nSPS) is 15.3. The number of piperazine rings is 1. The van der Waals surface area contributed by atoms with Gasteiger partial charge in [0.25, 0.3) is 5.91 Å². The Balaban J connectivity index is 1.37. The molecule has 3 aromatic rings. The van der Waals surface area contributed by atoms with Crippen LogP contribution in [0.5, 0.6) is 0 Å². The summed E-state index contributed by atoms with van der Waals surface area (Å²) in [5.74, 6) is 0.0742. The molecule has 180 valence electrons. The molecule has 0 spiro atoms. The van der Waals surface area contributed by atoms with Crippen LogP contribution >= 0.6 is 23.4 Å². The predicted molar refractivity (Wildman–Crippen MR) is 147 cm³/mol. The van der Waals surface area contributed by atoms with Crippen molar-refractivity contribution in [1.29, 1.82) is 0 Å². The smallest absolute Gasteiger partial charge is 0.254 e. The highest BCUT2D eigenvalue weighted by Crippen LogP contribution is 2.41.